The summed E-state index contributed by atoms with van der Waals surface area (Å²) in [5, 5.41) is 20.6. The maximum Gasteiger partial charge on any atom is 0.125 e. The fourth-order valence-corrected chi connectivity index (χ4v) is 2.59. The van der Waals surface area contributed by atoms with Crippen molar-refractivity contribution in [3.63, 3.8) is 0 Å². The highest BCUT2D eigenvalue weighted by atomic mass is 16.5. The number of aliphatic hydroxyl groups excluding tert-OH is 1. The van der Waals surface area contributed by atoms with Crippen molar-refractivity contribution < 1.29 is 9.84 Å². The van der Waals surface area contributed by atoms with Crippen molar-refractivity contribution in [2.75, 3.05) is 7.11 Å². The topological polar surface area (TPSA) is 60.2 Å². The lowest BCUT2D eigenvalue weighted by Crippen LogP contribution is -2.05. The number of hydrogen-bond acceptors (Lipinski definition) is 4. The summed E-state index contributed by atoms with van der Waals surface area (Å²) >= 11 is 0. The largest absolute Gasteiger partial charge is 0.496 e. The van der Waals surface area contributed by atoms with Gasteiger partial charge in [0.25, 0.3) is 0 Å². The zero-order valence-electron chi connectivity index (χ0n) is 12.0. The van der Waals surface area contributed by atoms with Crippen molar-refractivity contribution in [1.29, 1.82) is 0 Å². The Morgan fingerprint density at radius 3 is 2.76 bits per heavy atom. The first kappa shape index (κ1) is 13.6. The van der Waals surface area contributed by atoms with E-state index in [1.807, 2.05) is 36.4 Å². The van der Waals surface area contributed by atoms with E-state index in [2.05, 4.69) is 10.3 Å². The van der Waals surface area contributed by atoms with Gasteiger partial charge in [-0.15, -0.1) is 5.10 Å². The van der Waals surface area contributed by atoms with E-state index < -0.39 is 6.10 Å². The van der Waals surface area contributed by atoms with E-state index in [0.29, 0.717) is 12.2 Å². The van der Waals surface area contributed by atoms with Crippen molar-refractivity contribution >= 4 is 10.8 Å². The minimum atomic E-state index is -0.692. The van der Waals surface area contributed by atoms with Crippen molar-refractivity contribution in [3.8, 4) is 5.75 Å². The highest BCUT2D eigenvalue weighted by molar-refractivity contribution is 5.88. The number of fused-ring (bicyclic) bond motifs is 1. The molecule has 5 heteroatoms. The summed E-state index contributed by atoms with van der Waals surface area (Å²) in [6, 6.07) is 11.8. The van der Waals surface area contributed by atoms with Crippen molar-refractivity contribution in [3.05, 3.63) is 53.9 Å². The van der Waals surface area contributed by atoms with Gasteiger partial charge in [0.05, 0.1) is 18.9 Å². The maximum absolute atomic E-state index is 10.6. The predicted molar refractivity (Wildman–Crippen MR) is 80.2 cm³/mol. The second kappa shape index (κ2) is 5.54. The van der Waals surface area contributed by atoms with Gasteiger partial charge in [0, 0.05) is 25.2 Å². The standard InChI is InChI=1S/C16H17N3O2/c1-19-10-12(17-18-19)9-14(20)16-13-6-4-3-5-11(13)7-8-15(16)21-2/h3-8,10,14,20H,9H2,1-2H3. The third-order valence-electron chi connectivity index (χ3n) is 3.54. The summed E-state index contributed by atoms with van der Waals surface area (Å²) < 4.78 is 7.04. The first-order valence-corrected chi connectivity index (χ1v) is 6.78. The Morgan fingerprint density at radius 2 is 2.05 bits per heavy atom. The second-order valence-electron chi connectivity index (χ2n) is 5.01. The molecule has 0 saturated heterocycles. The summed E-state index contributed by atoms with van der Waals surface area (Å²) in [6.07, 6.45) is 1.52. The lowest BCUT2D eigenvalue weighted by Gasteiger charge is -2.16. The minimum absolute atomic E-state index is 0.401. The molecule has 1 atom stereocenters. The Morgan fingerprint density at radius 1 is 1.24 bits per heavy atom. The van der Waals surface area contributed by atoms with Gasteiger partial charge < -0.3 is 9.84 Å². The second-order valence-corrected chi connectivity index (χ2v) is 5.01. The van der Waals surface area contributed by atoms with Gasteiger partial charge >= 0.3 is 0 Å². The third-order valence-corrected chi connectivity index (χ3v) is 3.54. The monoisotopic (exact) mass is 283 g/mol. The van der Waals surface area contributed by atoms with Gasteiger partial charge in [0.2, 0.25) is 0 Å². The van der Waals surface area contributed by atoms with Crippen LogP contribution in [0.1, 0.15) is 17.4 Å². The molecule has 0 aliphatic rings. The average molecular weight is 283 g/mol. The Balaban J connectivity index is 2.04. The Hall–Kier alpha value is -2.40. The average Bonchev–Trinajstić information content (AvgIpc) is 2.90. The molecule has 0 fully saturated rings. The molecule has 0 amide bonds. The number of rotatable bonds is 4. The number of hydrogen-bond donors (Lipinski definition) is 1. The van der Waals surface area contributed by atoms with Crippen LogP contribution in [0.25, 0.3) is 10.8 Å². The molecule has 0 radical (unpaired) electrons. The Kier molecular flexibility index (Phi) is 3.58. The molecule has 0 spiro atoms. The van der Waals surface area contributed by atoms with Crippen LogP contribution in [0.2, 0.25) is 0 Å². The van der Waals surface area contributed by atoms with Crippen LogP contribution in [-0.2, 0) is 13.5 Å². The molecule has 0 aliphatic heterocycles. The van der Waals surface area contributed by atoms with Gasteiger partial charge in [-0.2, -0.15) is 0 Å². The van der Waals surface area contributed by atoms with Gasteiger partial charge in [-0.3, -0.25) is 4.68 Å². The molecule has 0 bridgehead atoms. The number of methoxy groups -OCH3 is 1. The van der Waals surface area contributed by atoms with Crippen LogP contribution in [-0.4, -0.2) is 27.2 Å². The molecule has 1 heterocycles. The molecule has 3 rings (SSSR count). The number of nitrogens with zero attached hydrogens (tertiary/aromatic N) is 3. The van der Waals surface area contributed by atoms with E-state index in [0.717, 1.165) is 22.0 Å². The Bertz CT molecular complexity index is 767. The minimum Gasteiger partial charge on any atom is -0.496 e. The summed E-state index contributed by atoms with van der Waals surface area (Å²) in [7, 11) is 3.42. The van der Waals surface area contributed by atoms with Crippen molar-refractivity contribution in [1.82, 2.24) is 15.0 Å². The molecular weight excluding hydrogens is 266 g/mol. The summed E-state index contributed by atoms with van der Waals surface area (Å²) in [4.78, 5) is 0. The lowest BCUT2D eigenvalue weighted by atomic mass is 9.97. The zero-order valence-corrected chi connectivity index (χ0v) is 12.0. The van der Waals surface area contributed by atoms with Gasteiger partial charge in [-0.1, -0.05) is 35.5 Å². The van der Waals surface area contributed by atoms with E-state index in [1.54, 1.807) is 25.0 Å². The van der Waals surface area contributed by atoms with E-state index in [1.165, 1.54) is 0 Å². The van der Waals surface area contributed by atoms with E-state index in [-0.39, 0.29) is 0 Å². The molecule has 0 aliphatic carbocycles. The fraction of sp³-hybridized carbons (Fsp3) is 0.250. The summed E-state index contributed by atoms with van der Waals surface area (Å²) in [6.45, 7) is 0. The molecule has 5 nitrogen and oxygen atoms in total. The zero-order chi connectivity index (χ0) is 14.8. The van der Waals surface area contributed by atoms with Crippen LogP contribution in [0.15, 0.2) is 42.6 Å². The van der Waals surface area contributed by atoms with Crippen LogP contribution in [0, 0.1) is 0 Å². The van der Waals surface area contributed by atoms with Crippen molar-refractivity contribution in [2.45, 2.75) is 12.5 Å². The molecule has 1 N–H and O–H groups in total. The summed E-state index contributed by atoms with van der Waals surface area (Å²) in [5.41, 5.74) is 1.54. The van der Waals surface area contributed by atoms with Crippen LogP contribution < -0.4 is 4.74 Å². The predicted octanol–water partition coefficient (Wildman–Crippen LogP) is 2.25. The number of benzene rings is 2. The molecule has 21 heavy (non-hydrogen) atoms. The first-order valence-electron chi connectivity index (χ1n) is 6.78. The van der Waals surface area contributed by atoms with E-state index >= 15 is 0 Å². The normalized spacial score (nSPS) is 12.5. The smallest absolute Gasteiger partial charge is 0.125 e. The van der Waals surface area contributed by atoms with Gasteiger partial charge in [0.1, 0.15) is 5.75 Å². The van der Waals surface area contributed by atoms with Gasteiger partial charge in [-0.25, -0.2) is 0 Å². The van der Waals surface area contributed by atoms with E-state index in [4.69, 9.17) is 4.74 Å². The molecule has 1 aromatic heterocycles. The van der Waals surface area contributed by atoms with Crippen LogP contribution in [0.3, 0.4) is 0 Å². The SMILES string of the molecule is COc1ccc2ccccc2c1C(O)Cc1cn(C)nn1. The summed E-state index contributed by atoms with van der Waals surface area (Å²) in [5.74, 6) is 0.685. The highest BCUT2D eigenvalue weighted by Crippen LogP contribution is 2.34. The van der Waals surface area contributed by atoms with Crippen LogP contribution in [0.5, 0.6) is 5.75 Å². The van der Waals surface area contributed by atoms with Crippen molar-refractivity contribution in [2.24, 2.45) is 7.05 Å². The highest BCUT2D eigenvalue weighted by Gasteiger charge is 2.18. The lowest BCUT2D eigenvalue weighted by molar-refractivity contribution is 0.174. The fourth-order valence-electron chi connectivity index (χ4n) is 2.59. The van der Waals surface area contributed by atoms with Crippen LogP contribution >= 0.6 is 0 Å². The first-order chi connectivity index (χ1) is 10.2. The molecule has 3 aromatic rings. The Labute approximate surface area is 122 Å². The quantitative estimate of drug-likeness (QED) is 0.798. The molecule has 1 unspecified atom stereocenters. The molecule has 108 valence electrons. The number of ether oxygens (including phenoxy) is 1. The van der Waals surface area contributed by atoms with Gasteiger partial charge in [-0.05, 0) is 16.8 Å². The van der Waals surface area contributed by atoms with Crippen LogP contribution in [0.4, 0.5) is 0 Å². The van der Waals surface area contributed by atoms with Gasteiger partial charge in [0.15, 0.2) is 0 Å². The number of aryl methyl sites for hydroxylation is 1. The molecular formula is C16H17N3O2. The third kappa shape index (κ3) is 2.60. The molecule has 2 aromatic carbocycles. The molecule has 0 saturated carbocycles. The number of aromatic nitrogens is 3. The van der Waals surface area contributed by atoms with E-state index in [9.17, 15) is 5.11 Å². The maximum atomic E-state index is 10.6. The number of aliphatic hydroxyl groups is 1.